The molecule has 2 N–H and O–H groups in total. The Morgan fingerprint density at radius 3 is 2.17 bits per heavy atom. The summed E-state index contributed by atoms with van der Waals surface area (Å²) in [5, 5.41) is 4.33. The first-order chi connectivity index (χ1) is 7.98. The molecular weight excluding hydrogens is 243 g/mol. The summed E-state index contributed by atoms with van der Waals surface area (Å²) in [5.74, 6) is -1.18. The minimum atomic E-state index is -1.20. The summed E-state index contributed by atoms with van der Waals surface area (Å²) in [6.07, 6.45) is 3.39. The van der Waals surface area contributed by atoms with Gasteiger partial charge in [0.15, 0.2) is 0 Å². The maximum Gasteiger partial charge on any atom is 1.00 e. The third-order valence-corrected chi connectivity index (χ3v) is 3.29. The molecular formula is C12H18N2NaO3+. The molecule has 0 aromatic rings. The van der Waals surface area contributed by atoms with Crippen LogP contribution in [0, 0.1) is 11.3 Å². The first-order valence-electron chi connectivity index (χ1n) is 5.76. The van der Waals surface area contributed by atoms with Gasteiger partial charge in [-0.05, 0) is 18.8 Å². The molecule has 1 rings (SSSR count). The predicted molar refractivity (Wildman–Crippen MR) is 63.0 cm³/mol. The zero-order chi connectivity index (χ0) is 13.1. The molecule has 0 aromatic heterocycles. The summed E-state index contributed by atoms with van der Waals surface area (Å²) < 4.78 is 0. The van der Waals surface area contributed by atoms with Crippen LogP contribution < -0.4 is 40.2 Å². The Morgan fingerprint density at radius 1 is 1.28 bits per heavy atom. The van der Waals surface area contributed by atoms with Crippen LogP contribution in [0.25, 0.3) is 0 Å². The van der Waals surface area contributed by atoms with E-state index in [9.17, 15) is 14.4 Å². The molecule has 0 bridgehead atoms. The largest absolute Gasteiger partial charge is 1.00 e. The van der Waals surface area contributed by atoms with Crippen molar-refractivity contribution in [3.63, 3.8) is 0 Å². The van der Waals surface area contributed by atoms with E-state index >= 15 is 0 Å². The molecule has 0 aliphatic carbocycles. The number of rotatable bonds is 5. The molecule has 1 fully saturated rings. The van der Waals surface area contributed by atoms with Gasteiger partial charge in [-0.15, -0.1) is 6.58 Å². The molecule has 4 amide bonds. The number of hydrogen-bond donors (Lipinski definition) is 2. The number of barbiturate groups is 1. The van der Waals surface area contributed by atoms with Gasteiger partial charge < -0.3 is 0 Å². The van der Waals surface area contributed by atoms with Gasteiger partial charge in [0.05, 0.1) is 0 Å². The van der Waals surface area contributed by atoms with E-state index in [1.54, 1.807) is 6.08 Å². The Bertz CT molecular complexity index is 348. The summed E-state index contributed by atoms with van der Waals surface area (Å²) in [4.78, 5) is 35.1. The van der Waals surface area contributed by atoms with Crippen molar-refractivity contribution < 1.29 is 43.9 Å². The quantitative estimate of drug-likeness (QED) is 0.354. The standard InChI is InChI=1S/C12H18N2O3.Na/c1-4-6-8(3)12(7-5-2)9(15)13-11(17)14-10(12)16;/h5,8H,2,4,6-7H2,1,3H3,(H2,13,14,15,16,17);/q;+1/t8-;/m0./s1. The van der Waals surface area contributed by atoms with Gasteiger partial charge in [-0.2, -0.15) is 0 Å². The molecule has 0 saturated carbocycles. The number of urea groups is 1. The minimum Gasteiger partial charge on any atom is -0.277 e. The Labute approximate surface area is 129 Å². The van der Waals surface area contributed by atoms with Gasteiger partial charge in [0.2, 0.25) is 11.8 Å². The average Bonchev–Trinajstić information content (AvgIpc) is 2.23. The van der Waals surface area contributed by atoms with Gasteiger partial charge in [-0.1, -0.05) is 26.3 Å². The molecule has 1 aliphatic heterocycles. The van der Waals surface area contributed by atoms with Crippen LogP contribution in [-0.2, 0) is 9.59 Å². The summed E-state index contributed by atoms with van der Waals surface area (Å²) in [5.41, 5.74) is -1.20. The van der Waals surface area contributed by atoms with Crippen molar-refractivity contribution in [1.29, 1.82) is 0 Å². The van der Waals surface area contributed by atoms with Gasteiger partial charge in [-0.25, -0.2) is 4.79 Å². The third-order valence-electron chi connectivity index (χ3n) is 3.29. The van der Waals surface area contributed by atoms with E-state index < -0.39 is 23.3 Å². The van der Waals surface area contributed by atoms with Crippen molar-refractivity contribution in [2.75, 3.05) is 0 Å². The van der Waals surface area contributed by atoms with Crippen LogP contribution in [0.1, 0.15) is 33.1 Å². The van der Waals surface area contributed by atoms with E-state index in [-0.39, 0.29) is 41.9 Å². The van der Waals surface area contributed by atoms with Gasteiger partial charge in [0.25, 0.3) is 0 Å². The molecule has 1 heterocycles. The Balaban J connectivity index is 0.00000289. The van der Waals surface area contributed by atoms with E-state index in [0.717, 1.165) is 12.8 Å². The van der Waals surface area contributed by atoms with Crippen molar-refractivity contribution in [3.8, 4) is 0 Å². The van der Waals surface area contributed by atoms with E-state index in [4.69, 9.17) is 0 Å². The fraction of sp³-hybridized carbons (Fsp3) is 0.583. The van der Waals surface area contributed by atoms with Gasteiger partial charge in [-0.3, -0.25) is 20.2 Å². The van der Waals surface area contributed by atoms with Crippen molar-refractivity contribution >= 4 is 17.8 Å². The predicted octanol–water partition coefficient (Wildman–Crippen LogP) is -1.64. The van der Waals surface area contributed by atoms with Crippen LogP contribution in [-0.4, -0.2) is 17.8 Å². The van der Waals surface area contributed by atoms with Crippen LogP contribution in [0.3, 0.4) is 0 Å². The molecule has 1 atom stereocenters. The molecule has 0 unspecified atom stereocenters. The van der Waals surface area contributed by atoms with Crippen LogP contribution >= 0.6 is 0 Å². The van der Waals surface area contributed by atoms with Crippen molar-refractivity contribution in [3.05, 3.63) is 12.7 Å². The molecule has 5 nitrogen and oxygen atoms in total. The maximum absolute atomic E-state index is 12.0. The van der Waals surface area contributed by atoms with E-state index in [2.05, 4.69) is 17.2 Å². The number of nitrogens with one attached hydrogen (secondary N) is 2. The maximum atomic E-state index is 12.0. The fourth-order valence-electron chi connectivity index (χ4n) is 2.30. The number of amides is 4. The molecule has 0 spiro atoms. The summed E-state index contributed by atoms with van der Waals surface area (Å²) in [7, 11) is 0. The Morgan fingerprint density at radius 2 is 1.78 bits per heavy atom. The average molecular weight is 261 g/mol. The monoisotopic (exact) mass is 261 g/mol. The topological polar surface area (TPSA) is 75.3 Å². The van der Waals surface area contributed by atoms with Crippen molar-refractivity contribution in [1.82, 2.24) is 10.6 Å². The number of imide groups is 2. The number of carbonyl (C=O) groups is 3. The van der Waals surface area contributed by atoms with E-state index in [1.807, 2.05) is 13.8 Å². The molecule has 0 radical (unpaired) electrons. The Hall–Kier alpha value is -0.650. The zero-order valence-electron chi connectivity index (χ0n) is 11.2. The SMILES string of the molecule is C=CCC1([C@@H](C)CCC)C(=O)NC(=O)NC1=O.[Na+]. The van der Waals surface area contributed by atoms with E-state index in [1.165, 1.54) is 0 Å². The summed E-state index contributed by atoms with van der Waals surface area (Å²) in [6.45, 7) is 7.42. The molecule has 94 valence electrons. The van der Waals surface area contributed by atoms with Gasteiger partial charge in [0.1, 0.15) is 5.41 Å². The number of carbonyl (C=O) groups excluding carboxylic acids is 3. The van der Waals surface area contributed by atoms with Gasteiger partial charge >= 0.3 is 35.6 Å². The second-order valence-electron chi connectivity index (χ2n) is 4.39. The molecule has 1 saturated heterocycles. The van der Waals surface area contributed by atoms with Crippen LogP contribution in [0.2, 0.25) is 0 Å². The van der Waals surface area contributed by atoms with E-state index in [0.29, 0.717) is 0 Å². The normalized spacial score (nSPS) is 19.3. The number of allylic oxidation sites excluding steroid dienone is 1. The zero-order valence-corrected chi connectivity index (χ0v) is 13.2. The minimum absolute atomic E-state index is 0. The second-order valence-corrected chi connectivity index (χ2v) is 4.39. The molecule has 1 aliphatic rings. The fourth-order valence-corrected chi connectivity index (χ4v) is 2.30. The van der Waals surface area contributed by atoms with Crippen LogP contribution in [0.4, 0.5) is 4.79 Å². The first kappa shape index (κ1) is 17.4. The summed E-state index contributed by atoms with van der Waals surface area (Å²) in [6, 6.07) is -0.747. The molecule has 6 heteroatoms. The van der Waals surface area contributed by atoms with Crippen molar-refractivity contribution in [2.45, 2.75) is 33.1 Å². The van der Waals surface area contributed by atoms with Crippen LogP contribution in [0.5, 0.6) is 0 Å². The van der Waals surface area contributed by atoms with Crippen LogP contribution in [0.15, 0.2) is 12.7 Å². The molecule has 18 heavy (non-hydrogen) atoms. The summed E-state index contributed by atoms with van der Waals surface area (Å²) >= 11 is 0. The number of hydrogen-bond acceptors (Lipinski definition) is 3. The third kappa shape index (κ3) is 3.02. The van der Waals surface area contributed by atoms with Gasteiger partial charge in [0, 0.05) is 0 Å². The smallest absolute Gasteiger partial charge is 0.277 e. The second kappa shape index (κ2) is 7.07. The molecule has 0 aromatic carbocycles. The van der Waals surface area contributed by atoms with Crippen molar-refractivity contribution in [2.24, 2.45) is 11.3 Å². The Kier molecular flexibility index (Phi) is 6.81. The first-order valence-corrected chi connectivity index (χ1v) is 5.76.